The van der Waals surface area contributed by atoms with Gasteiger partial charge in [-0.1, -0.05) is 23.7 Å². The lowest BCUT2D eigenvalue weighted by Gasteiger charge is -2.37. The van der Waals surface area contributed by atoms with Crippen LogP contribution in [0.15, 0.2) is 24.3 Å². The predicted molar refractivity (Wildman–Crippen MR) is 68.8 cm³/mol. The number of benzene rings is 1. The Balaban J connectivity index is 2.00. The molecule has 1 heterocycles. The van der Waals surface area contributed by atoms with E-state index in [1.54, 1.807) is 0 Å². The summed E-state index contributed by atoms with van der Waals surface area (Å²) in [5.41, 5.74) is 1.34. The van der Waals surface area contributed by atoms with Crippen LogP contribution in [0.25, 0.3) is 0 Å². The maximum atomic E-state index is 5.88. The number of piperazine rings is 1. The van der Waals surface area contributed by atoms with Crippen LogP contribution in [0.1, 0.15) is 19.4 Å². The van der Waals surface area contributed by atoms with Crippen LogP contribution in [0.2, 0.25) is 5.02 Å². The summed E-state index contributed by atoms with van der Waals surface area (Å²) in [6, 6.07) is 9.35. The molecular weight excluding hydrogens is 220 g/mol. The van der Waals surface area contributed by atoms with E-state index < -0.39 is 0 Å². The molecule has 0 aliphatic carbocycles. The van der Waals surface area contributed by atoms with Gasteiger partial charge in [0.15, 0.2) is 0 Å². The van der Waals surface area contributed by atoms with Crippen molar-refractivity contribution in [2.75, 3.05) is 13.1 Å². The molecule has 1 aromatic carbocycles. The molecule has 2 rings (SSSR count). The zero-order valence-corrected chi connectivity index (χ0v) is 10.7. The van der Waals surface area contributed by atoms with Gasteiger partial charge in [0.1, 0.15) is 0 Å². The fourth-order valence-electron chi connectivity index (χ4n) is 2.14. The van der Waals surface area contributed by atoms with E-state index in [2.05, 4.69) is 36.2 Å². The fourth-order valence-corrected chi connectivity index (χ4v) is 2.27. The van der Waals surface area contributed by atoms with Crippen molar-refractivity contribution in [3.8, 4) is 0 Å². The van der Waals surface area contributed by atoms with Crippen LogP contribution in [0.5, 0.6) is 0 Å². The highest BCUT2D eigenvalue weighted by molar-refractivity contribution is 6.30. The van der Waals surface area contributed by atoms with E-state index >= 15 is 0 Å². The van der Waals surface area contributed by atoms with E-state index in [0.717, 1.165) is 24.7 Å². The molecule has 0 bridgehead atoms. The molecule has 1 aliphatic rings. The Kier molecular flexibility index (Phi) is 3.85. The Bertz CT molecular complexity index is 336. The molecule has 0 aromatic heterocycles. The number of halogens is 1. The normalized spacial score (nSPS) is 26.9. The van der Waals surface area contributed by atoms with Crippen molar-refractivity contribution >= 4 is 11.6 Å². The van der Waals surface area contributed by atoms with E-state index in [4.69, 9.17) is 11.6 Å². The van der Waals surface area contributed by atoms with Gasteiger partial charge < -0.3 is 5.32 Å². The third-order valence-electron chi connectivity index (χ3n) is 3.19. The van der Waals surface area contributed by atoms with Crippen LogP contribution in [-0.4, -0.2) is 30.1 Å². The topological polar surface area (TPSA) is 15.3 Å². The lowest BCUT2D eigenvalue weighted by atomic mass is 10.1. The average Bonchev–Trinajstić information content (AvgIpc) is 2.27. The molecule has 2 nitrogen and oxygen atoms in total. The van der Waals surface area contributed by atoms with Gasteiger partial charge in [0, 0.05) is 36.7 Å². The zero-order chi connectivity index (χ0) is 11.5. The molecule has 2 atom stereocenters. The summed E-state index contributed by atoms with van der Waals surface area (Å²) in [6.07, 6.45) is 0. The Morgan fingerprint density at radius 3 is 2.69 bits per heavy atom. The van der Waals surface area contributed by atoms with Crippen LogP contribution in [0, 0.1) is 0 Å². The van der Waals surface area contributed by atoms with Gasteiger partial charge >= 0.3 is 0 Å². The first kappa shape index (κ1) is 11.9. The van der Waals surface area contributed by atoms with Crippen LogP contribution in [-0.2, 0) is 6.54 Å². The van der Waals surface area contributed by atoms with Gasteiger partial charge in [0.05, 0.1) is 0 Å². The average molecular weight is 239 g/mol. The van der Waals surface area contributed by atoms with Gasteiger partial charge in [-0.2, -0.15) is 0 Å². The summed E-state index contributed by atoms with van der Waals surface area (Å²) in [5, 5.41) is 4.30. The zero-order valence-electron chi connectivity index (χ0n) is 9.91. The van der Waals surface area contributed by atoms with Gasteiger partial charge in [-0.3, -0.25) is 4.90 Å². The Hall–Kier alpha value is -0.570. The Labute approximate surface area is 103 Å². The molecule has 0 amide bonds. The summed E-state index contributed by atoms with van der Waals surface area (Å²) < 4.78 is 0. The molecule has 1 aliphatic heterocycles. The highest BCUT2D eigenvalue weighted by Gasteiger charge is 2.21. The Morgan fingerprint density at radius 2 is 2.00 bits per heavy atom. The Morgan fingerprint density at radius 1 is 1.31 bits per heavy atom. The number of rotatable bonds is 2. The lowest BCUT2D eigenvalue weighted by molar-refractivity contribution is 0.139. The first-order valence-electron chi connectivity index (χ1n) is 5.87. The third kappa shape index (κ3) is 2.97. The van der Waals surface area contributed by atoms with E-state index in [1.807, 2.05) is 12.1 Å². The summed E-state index contributed by atoms with van der Waals surface area (Å²) in [7, 11) is 0. The van der Waals surface area contributed by atoms with Crippen LogP contribution in [0.4, 0.5) is 0 Å². The summed E-state index contributed by atoms with van der Waals surface area (Å²) >= 11 is 5.88. The molecule has 16 heavy (non-hydrogen) atoms. The number of hydrogen-bond donors (Lipinski definition) is 1. The lowest BCUT2D eigenvalue weighted by Crippen LogP contribution is -2.53. The van der Waals surface area contributed by atoms with E-state index in [-0.39, 0.29) is 0 Å². The van der Waals surface area contributed by atoms with Crippen molar-refractivity contribution in [1.29, 1.82) is 0 Å². The monoisotopic (exact) mass is 238 g/mol. The van der Waals surface area contributed by atoms with Crippen molar-refractivity contribution in [2.24, 2.45) is 0 Å². The molecule has 2 unspecified atom stereocenters. The molecule has 1 saturated heterocycles. The molecule has 0 radical (unpaired) electrons. The quantitative estimate of drug-likeness (QED) is 0.852. The highest BCUT2D eigenvalue weighted by atomic mass is 35.5. The van der Waals surface area contributed by atoms with Gasteiger partial charge in [-0.05, 0) is 31.5 Å². The largest absolute Gasteiger partial charge is 0.311 e. The van der Waals surface area contributed by atoms with Crippen molar-refractivity contribution in [3.05, 3.63) is 34.9 Å². The first-order valence-corrected chi connectivity index (χ1v) is 6.25. The molecule has 88 valence electrons. The van der Waals surface area contributed by atoms with Crippen molar-refractivity contribution in [3.63, 3.8) is 0 Å². The second-order valence-electron chi connectivity index (χ2n) is 4.71. The fraction of sp³-hybridized carbons (Fsp3) is 0.538. The minimum atomic E-state index is 0.587. The van der Waals surface area contributed by atoms with Gasteiger partial charge in [-0.25, -0.2) is 0 Å². The number of nitrogens with zero attached hydrogens (tertiary/aromatic N) is 1. The van der Waals surface area contributed by atoms with Crippen LogP contribution >= 0.6 is 11.6 Å². The maximum Gasteiger partial charge on any atom is 0.0406 e. The number of hydrogen-bond acceptors (Lipinski definition) is 2. The summed E-state index contributed by atoms with van der Waals surface area (Å²) in [5.74, 6) is 0. The summed E-state index contributed by atoms with van der Waals surface area (Å²) in [4.78, 5) is 2.52. The minimum Gasteiger partial charge on any atom is -0.311 e. The summed E-state index contributed by atoms with van der Waals surface area (Å²) in [6.45, 7) is 7.72. The van der Waals surface area contributed by atoms with Gasteiger partial charge in [0.25, 0.3) is 0 Å². The van der Waals surface area contributed by atoms with Crippen molar-refractivity contribution in [1.82, 2.24) is 10.2 Å². The molecule has 1 N–H and O–H groups in total. The molecule has 0 spiro atoms. The van der Waals surface area contributed by atoms with Crippen LogP contribution < -0.4 is 5.32 Å². The van der Waals surface area contributed by atoms with Crippen molar-refractivity contribution < 1.29 is 0 Å². The molecule has 0 saturated carbocycles. The highest BCUT2D eigenvalue weighted by Crippen LogP contribution is 2.14. The van der Waals surface area contributed by atoms with E-state index in [0.29, 0.717) is 12.1 Å². The standard InChI is InChI=1S/C13H19ClN2/c1-10-8-16(11(2)7-15-10)9-12-3-5-13(14)6-4-12/h3-6,10-11,15H,7-9H2,1-2H3. The van der Waals surface area contributed by atoms with Crippen molar-refractivity contribution in [2.45, 2.75) is 32.5 Å². The second kappa shape index (κ2) is 5.17. The molecule has 1 aromatic rings. The van der Waals surface area contributed by atoms with Crippen LogP contribution in [0.3, 0.4) is 0 Å². The second-order valence-corrected chi connectivity index (χ2v) is 5.15. The maximum absolute atomic E-state index is 5.88. The van der Waals surface area contributed by atoms with Gasteiger partial charge in [0.2, 0.25) is 0 Å². The number of nitrogens with one attached hydrogen (secondary N) is 1. The SMILES string of the molecule is CC1CN(Cc2ccc(Cl)cc2)C(C)CN1. The molecular formula is C13H19ClN2. The smallest absolute Gasteiger partial charge is 0.0406 e. The third-order valence-corrected chi connectivity index (χ3v) is 3.44. The minimum absolute atomic E-state index is 0.587. The first-order chi connectivity index (χ1) is 7.65. The van der Waals surface area contributed by atoms with Gasteiger partial charge in [-0.15, -0.1) is 0 Å². The molecule has 3 heteroatoms. The predicted octanol–water partition coefficient (Wildman–Crippen LogP) is 2.52. The molecule has 1 fully saturated rings. The van der Waals surface area contributed by atoms with E-state index in [9.17, 15) is 0 Å². The van der Waals surface area contributed by atoms with E-state index in [1.165, 1.54) is 5.56 Å².